The van der Waals surface area contributed by atoms with E-state index in [2.05, 4.69) is 71.5 Å². The number of hydrogen-bond donors (Lipinski definition) is 2. The molecule has 2 N–H and O–H groups in total. The summed E-state index contributed by atoms with van der Waals surface area (Å²) in [6.07, 6.45) is 3.48. The minimum atomic E-state index is -4.30. The van der Waals surface area contributed by atoms with Gasteiger partial charge in [-0.2, -0.15) is 13.2 Å². The fourth-order valence-electron chi connectivity index (χ4n) is 8.81. The molecular weight excluding hydrogens is 509 g/mol. The first-order valence-corrected chi connectivity index (χ1v) is 15.3. The van der Waals surface area contributed by atoms with Crippen LogP contribution in [0.4, 0.5) is 13.2 Å². The van der Waals surface area contributed by atoms with Crippen LogP contribution >= 0.6 is 0 Å². The number of allylic oxidation sites excluding steroid dienone is 3. The highest BCUT2D eigenvalue weighted by atomic mass is 19.4. The van der Waals surface area contributed by atoms with Gasteiger partial charge in [0.15, 0.2) is 0 Å². The molecule has 218 valence electrons. The van der Waals surface area contributed by atoms with Crippen LogP contribution in [0.2, 0.25) is 0 Å². The smallest absolute Gasteiger partial charge is 0.381 e. The zero-order chi connectivity index (χ0) is 28.1. The van der Waals surface area contributed by atoms with E-state index in [0.717, 1.165) is 65.1 Å². The van der Waals surface area contributed by atoms with Crippen LogP contribution in [-0.4, -0.2) is 67.3 Å². The van der Waals surface area contributed by atoms with Crippen LogP contribution in [0.25, 0.3) is 0 Å². The summed E-state index contributed by atoms with van der Waals surface area (Å²) in [6.45, 7) is 14.4. The van der Waals surface area contributed by atoms with Gasteiger partial charge in [0.2, 0.25) is 0 Å². The van der Waals surface area contributed by atoms with Crippen molar-refractivity contribution in [2.45, 2.75) is 64.8 Å². The topological polar surface area (TPSA) is 30.5 Å². The van der Waals surface area contributed by atoms with Gasteiger partial charge < -0.3 is 15.5 Å². The molecule has 0 aromatic heterocycles. The highest BCUT2D eigenvalue weighted by molar-refractivity contribution is 5.44. The van der Waals surface area contributed by atoms with E-state index in [0.29, 0.717) is 17.9 Å². The number of hydrogen-bond acceptors (Lipinski definition) is 4. The molecule has 2 fully saturated rings. The third kappa shape index (κ3) is 5.07. The van der Waals surface area contributed by atoms with Gasteiger partial charge in [-0.3, -0.25) is 4.90 Å². The van der Waals surface area contributed by atoms with E-state index in [1.165, 1.54) is 29.0 Å². The molecule has 5 aliphatic rings. The maximum Gasteiger partial charge on any atom is 0.416 e. The van der Waals surface area contributed by atoms with Gasteiger partial charge in [0.05, 0.1) is 11.6 Å². The largest absolute Gasteiger partial charge is 0.416 e. The fraction of sp³-hybridized carbons (Fsp3) is 0.636. The lowest BCUT2D eigenvalue weighted by molar-refractivity contribution is -0.0890. The number of halogens is 3. The molecule has 6 atom stereocenters. The summed E-state index contributed by atoms with van der Waals surface area (Å²) >= 11 is 0. The predicted molar refractivity (Wildman–Crippen MR) is 154 cm³/mol. The lowest BCUT2D eigenvalue weighted by Crippen LogP contribution is -2.58. The minimum Gasteiger partial charge on any atom is -0.381 e. The van der Waals surface area contributed by atoms with E-state index in [4.69, 9.17) is 0 Å². The Labute approximate surface area is 237 Å². The van der Waals surface area contributed by atoms with Crippen molar-refractivity contribution in [1.82, 2.24) is 20.4 Å². The van der Waals surface area contributed by atoms with Crippen molar-refractivity contribution in [1.29, 1.82) is 0 Å². The Morgan fingerprint density at radius 3 is 2.67 bits per heavy atom. The van der Waals surface area contributed by atoms with E-state index in [1.54, 1.807) is 6.08 Å². The van der Waals surface area contributed by atoms with Crippen LogP contribution < -0.4 is 10.6 Å². The van der Waals surface area contributed by atoms with Crippen molar-refractivity contribution in [3.63, 3.8) is 0 Å². The average molecular weight is 555 g/mol. The predicted octanol–water partition coefficient (Wildman–Crippen LogP) is 5.76. The Kier molecular flexibility index (Phi) is 7.68. The highest BCUT2D eigenvalue weighted by Crippen LogP contribution is 2.59. The Balaban J connectivity index is 1.18. The third-order valence-electron chi connectivity index (χ3n) is 10.9. The lowest BCUT2D eigenvalue weighted by atomic mass is 9.52. The number of nitrogens with zero attached hydrogens (tertiary/aromatic N) is 2. The second kappa shape index (κ2) is 11.0. The zero-order valence-corrected chi connectivity index (χ0v) is 24.2. The summed E-state index contributed by atoms with van der Waals surface area (Å²) in [5.74, 6) is 1.07. The third-order valence-corrected chi connectivity index (χ3v) is 10.9. The summed E-state index contributed by atoms with van der Waals surface area (Å²) in [7, 11) is 0. The molecule has 0 bridgehead atoms. The number of alkyl halides is 3. The number of benzene rings is 1. The zero-order valence-electron chi connectivity index (χ0n) is 24.2. The molecule has 40 heavy (non-hydrogen) atoms. The van der Waals surface area contributed by atoms with Crippen molar-refractivity contribution < 1.29 is 13.2 Å². The van der Waals surface area contributed by atoms with Crippen molar-refractivity contribution in [2.24, 2.45) is 29.1 Å². The molecule has 3 aliphatic heterocycles. The Morgan fingerprint density at radius 2 is 1.93 bits per heavy atom. The molecule has 3 heterocycles. The van der Waals surface area contributed by atoms with Crippen molar-refractivity contribution in [3.8, 4) is 0 Å². The van der Waals surface area contributed by atoms with Gasteiger partial charge in [-0.05, 0) is 66.7 Å². The van der Waals surface area contributed by atoms with Gasteiger partial charge in [-0.1, -0.05) is 69.3 Å². The second-order valence-electron chi connectivity index (χ2n) is 13.2. The van der Waals surface area contributed by atoms with Gasteiger partial charge in [0.1, 0.15) is 0 Å². The molecule has 3 unspecified atom stereocenters. The number of piperidine rings is 1. The fourth-order valence-corrected chi connectivity index (χ4v) is 8.81. The summed E-state index contributed by atoms with van der Waals surface area (Å²) < 4.78 is 41.0. The van der Waals surface area contributed by atoms with Gasteiger partial charge in [-0.15, -0.1) is 0 Å². The molecule has 6 rings (SSSR count). The summed E-state index contributed by atoms with van der Waals surface area (Å²) in [5, 5.41) is 7.26. The number of nitrogens with one attached hydrogen (secondary N) is 2. The molecule has 0 amide bonds. The van der Waals surface area contributed by atoms with Gasteiger partial charge in [0.25, 0.3) is 0 Å². The van der Waals surface area contributed by atoms with E-state index in [-0.39, 0.29) is 23.3 Å². The molecule has 1 aromatic carbocycles. The van der Waals surface area contributed by atoms with E-state index >= 15 is 0 Å². The van der Waals surface area contributed by atoms with Crippen molar-refractivity contribution >= 4 is 0 Å². The first-order valence-electron chi connectivity index (χ1n) is 15.3. The molecule has 4 nitrogen and oxygen atoms in total. The maximum absolute atomic E-state index is 13.7. The Hall–Kier alpha value is -2.09. The van der Waals surface area contributed by atoms with Crippen molar-refractivity contribution in [3.05, 3.63) is 71.0 Å². The average Bonchev–Trinajstić information content (AvgIpc) is 3.30. The standard InChI is InChI=1S/C33H45F3N4/c1-22(2)32-21-39(15-12-27-19-37-13-16-40(27)20-24-7-5-4-6-8-24)14-11-25(32)18-30-31(23(32)3)28-17-26(33(34,35)36)9-10-29(28)38-30/h4-10,17,22-23,25,27-29,37-38H,11-16,18-21H2,1-3H3/t23-,25+,27?,28?,29?,32-/m0/s1. The minimum absolute atomic E-state index is 0.0478. The number of rotatable bonds is 6. The normalized spacial score (nSPS) is 34.8. The van der Waals surface area contributed by atoms with Crippen LogP contribution in [-0.2, 0) is 6.54 Å². The van der Waals surface area contributed by atoms with Crippen LogP contribution in [0.15, 0.2) is 65.4 Å². The Bertz CT molecular complexity index is 1160. The number of fused-ring (bicyclic) bond motifs is 3. The van der Waals surface area contributed by atoms with Crippen molar-refractivity contribution in [2.75, 3.05) is 39.3 Å². The molecule has 2 aliphatic carbocycles. The summed E-state index contributed by atoms with van der Waals surface area (Å²) in [5.41, 5.74) is 3.43. The highest BCUT2D eigenvalue weighted by Gasteiger charge is 2.56. The summed E-state index contributed by atoms with van der Waals surface area (Å²) in [4.78, 5) is 5.33. The maximum atomic E-state index is 13.7. The van der Waals surface area contributed by atoms with Gasteiger partial charge in [-0.25, -0.2) is 0 Å². The lowest BCUT2D eigenvalue weighted by Gasteiger charge is -2.57. The number of piperazine rings is 1. The molecule has 0 saturated carbocycles. The van der Waals surface area contributed by atoms with Crippen LogP contribution in [0.5, 0.6) is 0 Å². The monoisotopic (exact) mass is 554 g/mol. The van der Waals surface area contributed by atoms with Gasteiger partial charge >= 0.3 is 6.18 Å². The molecule has 1 aromatic rings. The molecule has 0 spiro atoms. The first-order chi connectivity index (χ1) is 19.2. The van der Waals surface area contributed by atoms with E-state index < -0.39 is 11.7 Å². The Morgan fingerprint density at radius 1 is 1.12 bits per heavy atom. The SMILES string of the molecule is CC(C)[C@]12CN(CCC3CNCCN3Cc3ccccc3)CC[C@@H]1CC1=C(C3C=C(C(F)(F)F)C=CC3N1)[C@@H]2C. The first kappa shape index (κ1) is 28.0. The van der Waals surface area contributed by atoms with Crippen LogP contribution in [0.3, 0.4) is 0 Å². The molecular formula is C33H45F3N4. The second-order valence-corrected chi connectivity index (χ2v) is 13.2. The van der Waals surface area contributed by atoms with E-state index in [9.17, 15) is 13.2 Å². The summed E-state index contributed by atoms with van der Waals surface area (Å²) in [6, 6.07) is 11.2. The van der Waals surface area contributed by atoms with Crippen LogP contribution in [0.1, 0.15) is 45.6 Å². The quantitative estimate of drug-likeness (QED) is 0.469. The van der Waals surface area contributed by atoms with Gasteiger partial charge in [0, 0.05) is 50.4 Å². The molecule has 2 saturated heterocycles. The molecule has 0 radical (unpaired) electrons. The molecule has 7 heteroatoms. The number of likely N-dealkylation sites (tertiary alicyclic amines) is 1. The van der Waals surface area contributed by atoms with Crippen LogP contribution in [0, 0.1) is 29.1 Å². The van der Waals surface area contributed by atoms with E-state index in [1.807, 2.05) is 0 Å².